The predicted octanol–water partition coefficient (Wildman–Crippen LogP) is 4.09. The van der Waals surface area contributed by atoms with Crippen molar-refractivity contribution in [3.63, 3.8) is 0 Å². The van der Waals surface area contributed by atoms with Gasteiger partial charge in [0, 0.05) is 19.2 Å². The van der Waals surface area contributed by atoms with Crippen LogP contribution in [0.5, 0.6) is 17.2 Å². The van der Waals surface area contributed by atoms with Crippen molar-refractivity contribution in [1.29, 1.82) is 0 Å². The van der Waals surface area contributed by atoms with E-state index in [-0.39, 0.29) is 0 Å². The van der Waals surface area contributed by atoms with Crippen molar-refractivity contribution in [2.24, 2.45) is 0 Å². The van der Waals surface area contributed by atoms with E-state index in [0.29, 0.717) is 19.8 Å². The fraction of sp³-hybridized carbons (Fsp3) is 0.625. The molecular formula is C16H27NO3. The third-order valence-electron chi connectivity index (χ3n) is 2.69. The Labute approximate surface area is 122 Å². The summed E-state index contributed by atoms with van der Waals surface area (Å²) in [5.41, 5.74) is 0.885. The molecule has 4 nitrogen and oxygen atoms in total. The number of ether oxygens (including phenoxy) is 3. The van der Waals surface area contributed by atoms with Crippen LogP contribution in [-0.2, 0) is 0 Å². The molecule has 0 saturated heterocycles. The minimum atomic E-state index is 0.680. The van der Waals surface area contributed by atoms with Crippen molar-refractivity contribution in [1.82, 2.24) is 0 Å². The zero-order chi connectivity index (χ0) is 14.8. The van der Waals surface area contributed by atoms with Crippen molar-refractivity contribution in [2.75, 3.05) is 32.2 Å². The average molecular weight is 281 g/mol. The van der Waals surface area contributed by atoms with E-state index >= 15 is 0 Å². The highest BCUT2D eigenvalue weighted by molar-refractivity contribution is 5.68. The molecule has 0 amide bonds. The molecule has 0 unspecified atom stereocenters. The van der Waals surface area contributed by atoms with E-state index < -0.39 is 0 Å². The highest BCUT2D eigenvalue weighted by Gasteiger charge is 2.13. The standard InChI is InChI=1S/C16H27NO3/c1-5-8-18-13-11-14(19-9-6-2)16(17-4)15(12-13)20-10-7-3/h11-12,17H,5-10H2,1-4H3. The van der Waals surface area contributed by atoms with Crippen molar-refractivity contribution in [2.45, 2.75) is 40.0 Å². The number of nitrogens with one attached hydrogen (secondary N) is 1. The van der Waals surface area contributed by atoms with Gasteiger partial charge < -0.3 is 19.5 Å². The molecule has 0 saturated carbocycles. The van der Waals surface area contributed by atoms with Gasteiger partial charge in [0.1, 0.15) is 22.9 Å². The Morgan fingerprint density at radius 2 is 1.25 bits per heavy atom. The van der Waals surface area contributed by atoms with Crippen LogP contribution in [0.2, 0.25) is 0 Å². The third kappa shape index (κ3) is 4.83. The summed E-state index contributed by atoms with van der Waals surface area (Å²) in [6, 6.07) is 3.85. The first kappa shape index (κ1) is 16.5. The lowest BCUT2D eigenvalue weighted by molar-refractivity contribution is 0.288. The monoisotopic (exact) mass is 281 g/mol. The van der Waals surface area contributed by atoms with Crippen LogP contribution in [0.25, 0.3) is 0 Å². The lowest BCUT2D eigenvalue weighted by Gasteiger charge is -2.17. The second kappa shape index (κ2) is 9.34. The van der Waals surface area contributed by atoms with Crippen LogP contribution < -0.4 is 19.5 Å². The van der Waals surface area contributed by atoms with Crippen LogP contribution in [0.4, 0.5) is 5.69 Å². The van der Waals surface area contributed by atoms with Gasteiger partial charge in [0.25, 0.3) is 0 Å². The third-order valence-corrected chi connectivity index (χ3v) is 2.69. The molecule has 0 aliphatic carbocycles. The maximum atomic E-state index is 5.80. The minimum Gasteiger partial charge on any atom is -0.493 e. The Bertz CT molecular complexity index is 364. The maximum Gasteiger partial charge on any atom is 0.149 e. The average Bonchev–Trinajstić information content (AvgIpc) is 2.48. The molecule has 1 rings (SSSR count). The molecule has 0 spiro atoms. The summed E-state index contributed by atoms with van der Waals surface area (Å²) >= 11 is 0. The molecule has 4 heteroatoms. The van der Waals surface area contributed by atoms with Gasteiger partial charge in [-0.15, -0.1) is 0 Å². The van der Waals surface area contributed by atoms with Gasteiger partial charge in [0.2, 0.25) is 0 Å². The molecule has 0 atom stereocenters. The lowest BCUT2D eigenvalue weighted by atomic mass is 10.2. The number of rotatable bonds is 10. The van der Waals surface area contributed by atoms with Gasteiger partial charge in [-0.2, -0.15) is 0 Å². The van der Waals surface area contributed by atoms with Crippen LogP contribution in [0.3, 0.4) is 0 Å². The summed E-state index contributed by atoms with van der Waals surface area (Å²) in [4.78, 5) is 0. The molecule has 0 radical (unpaired) electrons. The molecule has 1 aromatic rings. The predicted molar refractivity (Wildman–Crippen MR) is 83.3 cm³/mol. The molecule has 0 bridgehead atoms. The molecule has 0 fully saturated rings. The highest BCUT2D eigenvalue weighted by Crippen LogP contribution is 2.39. The Morgan fingerprint density at radius 1 is 0.800 bits per heavy atom. The first-order valence-corrected chi connectivity index (χ1v) is 7.50. The van der Waals surface area contributed by atoms with Crippen LogP contribution in [0, 0.1) is 0 Å². The number of anilines is 1. The zero-order valence-corrected chi connectivity index (χ0v) is 13.1. The molecule has 1 aromatic carbocycles. The van der Waals surface area contributed by atoms with E-state index in [4.69, 9.17) is 14.2 Å². The van der Waals surface area contributed by atoms with E-state index in [1.807, 2.05) is 19.2 Å². The Hall–Kier alpha value is -1.58. The van der Waals surface area contributed by atoms with Gasteiger partial charge in [-0.1, -0.05) is 20.8 Å². The summed E-state index contributed by atoms with van der Waals surface area (Å²) in [7, 11) is 1.87. The normalized spacial score (nSPS) is 10.2. The van der Waals surface area contributed by atoms with Gasteiger partial charge >= 0.3 is 0 Å². The number of benzene rings is 1. The van der Waals surface area contributed by atoms with E-state index in [0.717, 1.165) is 42.2 Å². The fourth-order valence-electron chi connectivity index (χ4n) is 1.77. The molecule has 1 N–H and O–H groups in total. The number of hydrogen-bond acceptors (Lipinski definition) is 4. The summed E-state index contributed by atoms with van der Waals surface area (Å²) < 4.78 is 17.3. The zero-order valence-electron chi connectivity index (χ0n) is 13.1. The van der Waals surface area contributed by atoms with Crippen molar-refractivity contribution >= 4 is 5.69 Å². The maximum absolute atomic E-state index is 5.80. The molecule has 0 heterocycles. The van der Waals surface area contributed by atoms with Crippen molar-refractivity contribution in [3.05, 3.63) is 12.1 Å². The van der Waals surface area contributed by atoms with Gasteiger partial charge in [-0.25, -0.2) is 0 Å². The molecular weight excluding hydrogens is 254 g/mol. The second-order valence-electron chi connectivity index (χ2n) is 4.59. The first-order chi connectivity index (χ1) is 9.76. The van der Waals surface area contributed by atoms with Gasteiger partial charge in [-0.05, 0) is 19.3 Å². The topological polar surface area (TPSA) is 39.7 Å². The number of hydrogen-bond donors (Lipinski definition) is 1. The van der Waals surface area contributed by atoms with E-state index in [9.17, 15) is 0 Å². The SMILES string of the molecule is CCCOc1cc(OCCC)c(NC)c(OCCC)c1. The fourth-order valence-corrected chi connectivity index (χ4v) is 1.77. The van der Waals surface area contributed by atoms with Crippen LogP contribution in [0.15, 0.2) is 12.1 Å². The Balaban J connectivity index is 3.02. The van der Waals surface area contributed by atoms with Gasteiger partial charge in [-0.3, -0.25) is 0 Å². The van der Waals surface area contributed by atoms with Crippen molar-refractivity contribution in [3.8, 4) is 17.2 Å². The largest absolute Gasteiger partial charge is 0.493 e. The summed E-state index contributed by atoms with van der Waals surface area (Å²) in [5.74, 6) is 2.37. The Morgan fingerprint density at radius 3 is 1.65 bits per heavy atom. The van der Waals surface area contributed by atoms with Gasteiger partial charge in [0.05, 0.1) is 19.8 Å². The van der Waals surface area contributed by atoms with Crippen LogP contribution in [-0.4, -0.2) is 26.9 Å². The molecule has 0 aromatic heterocycles. The van der Waals surface area contributed by atoms with E-state index in [2.05, 4.69) is 26.1 Å². The van der Waals surface area contributed by atoms with Gasteiger partial charge in [0.15, 0.2) is 0 Å². The molecule has 20 heavy (non-hydrogen) atoms. The quantitative estimate of drug-likeness (QED) is 0.701. The van der Waals surface area contributed by atoms with Crippen molar-refractivity contribution < 1.29 is 14.2 Å². The van der Waals surface area contributed by atoms with Crippen LogP contribution >= 0.6 is 0 Å². The molecule has 0 aliphatic heterocycles. The summed E-state index contributed by atoms with van der Waals surface area (Å²) in [6.07, 6.45) is 2.91. The molecule has 114 valence electrons. The minimum absolute atomic E-state index is 0.680. The van der Waals surface area contributed by atoms with Crippen LogP contribution in [0.1, 0.15) is 40.0 Å². The van der Waals surface area contributed by atoms with E-state index in [1.54, 1.807) is 0 Å². The smallest absolute Gasteiger partial charge is 0.149 e. The Kier molecular flexibility index (Phi) is 7.70. The van der Waals surface area contributed by atoms with E-state index in [1.165, 1.54) is 0 Å². The highest BCUT2D eigenvalue weighted by atomic mass is 16.5. The second-order valence-corrected chi connectivity index (χ2v) is 4.59. The summed E-state index contributed by atoms with van der Waals surface area (Å²) in [5, 5.41) is 3.16. The molecule has 0 aliphatic rings. The lowest BCUT2D eigenvalue weighted by Crippen LogP contribution is -2.05. The first-order valence-electron chi connectivity index (χ1n) is 7.50. The summed E-state index contributed by atoms with van der Waals surface area (Å²) in [6.45, 7) is 8.32.